The van der Waals surface area contributed by atoms with Crippen molar-refractivity contribution in [2.75, 3.05) is 6.26 Å². The van der Waals surface area contributed by atoms with Crippen LogP contribution in [0, 0.1) is 5.82 Å². The molecule has 0 aliphatic heterocycles. The molecule has 0 radical (unpaired) electrons. The third-order valence-electron chi connectivity index (χ3n) is 3.59. The van der Waals surface area contributed by atoms with Gasteiger partial charge in [0.15, 0.2) is 14.9 Å². The molecule has 6 nitrogen and oxygen atoms in total. The number of hydrogen-bond donors (Lipinski definition) is 1. The first kappa shape index (κ1) is 16.3. The van der Waals surface area contributed by atoms with E-state index in [9.17, 15) is 12.8 Å². The first-order valence-electron chi connectivity index (χ1n) is 7.08. The Labute approximate surface area is 138 Å². The SMILES string of the molecule is CS(=O)(=O)c1ccc(-n2cncc2-c2ccc(CN)c(F)c2)cn1. The summed E-state index contributed by atoms with van der Waals surface area (Å²) >= 11 is 0. The van der Waals surface area contributed by atoms with Gasteiger partial charge in [-0.25, -0.2) is 22.8 Å². The second-order valence-electron chi connectivity index (χ2n) is 5.29. The molecule has 0 saturated heterocycles. The van der Waals surface area contributed by atoms with Crippen molar-refractivity contribution in [3.8, 4) is 16.9 Å². The van der Waals surface area contributed by atoms with E-state index in [2.05, 4.69) is 9.97 Å². The quantitative estimate of drug-likeness (QED) is 0.779. The van der Waals surface area contributed by atoms with Crippen molar-refractivity contribution >= 4 is 9.84 Å². The van der Waals surface area contributed by atoms with E-state index in [1.807, 2.05) is 0 Å². The minimum Gasteiger partial charge on any atom is -0.326 e. The highest BCUT2D eigenvalue weighted by Crippen LogP contribution is 2.24. The molecule has 0 fully saturated rings. The van der Waals surface area contributed by atoms with Gasteiger partial charge in [0, 0.05) is 23.9 Å². The molecule has 2 aromatic heterocycles. The normalized spacial score (nSPS) is 11.6. The fourth-order valence-electron chi connectivity index (χ4n) is 2.32. The summed E-state index contributed by atoms with van der Waals surface area (Å²) < 4.78 is 38.6. The van der Waals surface area contributed by atoms with Crippen LogP contribution < -0.4 is 5.73 Å². The van der Waals surface area contributed by atoms with E-state index in [0.717, 1.165) is 6.26 Å². The van der Waals surface area contributed by atoms with Gasteiger partial charge in [-0.1, -0.05) is 12.1 Å². The molecule has 0 saturated carbocycles. The topological polar surface area (TPSA) is 90.9 Å². The largest absolute Gasteiger partial charge is 0.326 e. The molecule has 2 N–H and O–H groups in total. The lowest BCUT2D eigenvalue weighted by Crippen LogP contribution is -2.03. The van der Waals surface area contributed by atoms with Gasteiger partial charge >= 0.3 is 0 Å². The summed E-state index contributed by atoms with van der Waals surface area (Å²) in [5.41, 5.74) is 7.82. The zero-order valence-electron chi connectivity index (χ0n) is 12.8. The summed E-state index contributed by atoms with van der Waals surface area (Å²) in [6, 6.07) is 7.84. The van der Waals surface area contributed by atoms with Gasteiger partial charge in [0.25, 0.3) is 0 Å². The summed E-state index contributed by atoms with van der Waals surface area (Å²) in [7, 11) is -3.36. The average molecular weight is 346 g/mol. The summed E-state index contributed by atoms with van der Waals surface area (Å²) in [4.78, 5) is 8.05. The minimum absolute atomic E-state index is 0.00809. The molecular formula is C16H15FN4O2S. The van der Waals surface area contributed by atoms with Crippen molar-refractivity contribution in [3.05, 3.63) is 60.4 Å². The average Bonchev–Trinajstić information content (AvgIpc) is 3.03. The van der Waals surface area contributed by atoms with Gasteiger partial charge in [-0.15, -0.1) is 0 Å². The Bertz CT molecular complexity index is 982. The van der Waals surface area contributed by atoms with E-state index in [1.165, 1.54) is 18.3 Å². The summed E-state index contributed by atoms with van der Waals surface area (Å²) in [6.45, 7) is 0.127. The Kier molecular flexibility index (Phi) is 4.16. The minimum atomic E-state index is -3.36. The van der Waals surface area contributed by atoms with Crippen LogP contribution in [0.4, 0.5) is 4.39 Å². The fourth-order valence-corrected chi connectivity index (χ4v) is 2.88. The van der Waals surface area contributed by atoms with E-state index in [0.29, 0.717) is 22.5 Å². The highest BCUT2D eigenvalue weighted by Gasteiger charge is 2.12. The number of hydrogen-bond acceptors (Lipinski definition) is 5. The van der Waals surface area contributed by atoms with Gasteiger partial charge in [-0.2, -0.15) is 0 Å². The van der Waals surface area contributed by atoms with E-state index in [-0.39, 0.29) is 17.4 Å². The summed E-state index contributed by atoms with van der Waals surface area (Å²) in [6.07, 6.45) is 5.69. The Hall–Kier alpha value is -2.58. The van der Waals surface area contributed by atoms with Crippen LogP contribution in [0.25, 0.3) is 16.9 Å². The first-order valence-corrected chi connectivity index (χ1v) is 8.97. The predicted octanol–water partition coefficient (Wildman–Crippen LogP) is 1.94. The van der Waals surface area contributed by atoms with Crippen molar-refractivity contribution in [1.82, 2.24) is 14.5 Å². The van der Waals surface area contributed by atoms with Crippen molar-refractivity contribution in [3.63, 3.8) is 0 Å². The van der Waals surface area contributed by atoms with Crippen molar-refractivity contribution in [2.24, 2.45) is 5.73 Å². The summed E-state index contributed by atoms with van der Waals surface area (Å²) in [5, 5.41) is -0.00809. The molecule has 3 aromatic rings. The maximum atomic E-state index is 14.0. The lowest BCUT2D eigenvalue weighted by molar-refractivity contribution is 0.598. The maximum absolute atomic E-state index is 14.0. The van der Waals surface area contributed by atoms with E-state index >= 15 is 0 Å². The second kappa shape index (κ2) is 6.14. The fraction of sp³-hybridized carbons (Fsp3) is 0.125. The van der Waals surface area contributed by atoms with Gasteiger partial charge in [-0.3, -0.25) is 4.57 Å². The number of rotatable bonds is 4. The predicted molar refractivity (Wildman–Crippen MR) is 87.8 cm³/mol. The molecule has 0 unspecified atom stereocenters. The molecule has 124 valence electrons. The number of imidazole rings is 1. The van der Waals surface area contributed by atoms with Crippen molar-refractivity contribution in [2.45, 2.75) is 11.6 Å². The molecule has 0 aliphatic carbocycles. The standard InChI is InChI=1S/C16H15FN4O2S/c1-24(22,23)16-5-4-13(8-20-16)21-10-19-9-15(21)11-2-3-12(7-18)14(17)6-11/h2-6,8-10H,7,18H2,1H3. The zero-order chi connectivity index (χ0) is 17.3. The van der Waals surface area contributed by atoms with E-state index < -0.39 is 9.84 Å². The molecule has 1 aromatic carbocycles. The van der Waals surface area contributed by atoms with Crippen LogP contribution in [0.5, 0.6) is 0 Å². The lowest BCUT2D eigenvalue weighted by Gasteiger charge is -2.09. The Balaban J connectivity index is 2.03. The number of aromatic nitrogens is 3. The first-order chi connectivity index (χ1) is 11.4. The highest BCUT2D eigenvalue weighted by atomic mass is 32.2. The van der Waals surface area contributed by atoms with Crippen LogP contribution in [0.1, 0.15) is 5.56 Å². The number of benzene rings is 1. The zero-order valence-corrected chi connectivity index (χ0v) is 13.7. The molecule has 24 heavy (non-hydrogen) atoms. The van der Waals surface area contributed by atoms with Gasteiger partial charge < -0.3 is 5.73 Å². The number of nitrogens with two attached hydrogens (primary N) is 1. The highest BCUT2D eigenvalue weighted by molar-refractivity contribution is 7.90. The smallest absolute Gasteiger partial charge is 0.192 e. The molecule has 0 atom stereocenters. The van der Waals surface area contributed by atoms with Crippen molar-refractivity contribution < 1.29 is 12.8 Å². The molecule has 0 spiro atoms. The number of nitrogens with zero attached hydrogens (tertiary/aromatic N) is 3. The number of pyridine rings is 1. The number of sulfone groups is 1. The molecule has 8 heteroatoms. The van der Waals surface area contributed by atoms with Crippen LogP contribution in [-0.2, 0) is 16.4 Å². The molecular weight excluding hydrogens is 331 g/mol. The molecule has 0 bridgehead atoms. The van der Waals surface area contributed by atoms with E-state index in [1.54, 1.807) is 35.3 Å². The monoisotopic (exact) mass is 346 g/mol. The van der Waals surface area contributed by atoms with Crippen molar-refractivity contribution in [1.29, 1.82) is 0 Å². The van der Waals surface area contributed by atoms with Gasteiger partial charge in [0.2, 0.25) is 0 Å². The molecule has 0 aliphatic rings. The maximum Gasteiger partial charge on any atom is 0.192 e. The molecule has 3 rings (SSSR count). The van der Waals surface area contributed by atoms with Gasteiger partial charge in [0.1, 0.15) is 5.82 Å². The summed E-state index contributed by atoms with van der Waals surface area (Å²) in [5.74, 6) is -0.381. The van der Waals surface area contributed by atoms with Gasteiger partial charge in [0.05, 0.1) is 30.1 Å². The van der Waals surface area contributed by atoms with Crippen LogP contribution in [0.15, 0.2) is 54.1 Å². The van der Waals surface area contributed by atoms with Crippen LogP contribution in [-0.4, -0.2) is 29.2 Å². The Morgan fingerprint density at radius 3 is 2.58 bits per heavy atom. The Morgan fingerprint density at radius 2 is 2.00 bits per heavy atom. The van der Waals surface area contributed by atoms with Crippen LogP contribution >= 0.6 is 0 Å². The third kappa shape index (κ3) is 3.06. The van der Waals surface area contributed by atoms with Crippen LogP contribution in [0.2, 0.25) is 0 Å². The number of halogens is 1. The second-order valence-corrected chi connectivity index (χ2v) is 7.25. The Morgan fingerprint density at radius 1 is 1.21 bits per heavy atom. The third-order valence-corrected chi connectivity index (χ3v) is 4.59. The van der Waals surface area contributed by atoms with E-state index in [4.69, 9.17) is 5.73 Å². The van der Waals surface area contributed by atoms with Gasteiger partial charge in [-0.05, 0) is 18.2 Å². The lowest BCUT2D eigenvalue weighted by atomic mass is 10.1. The molecule has 2 heterocycles. The molecule has 0 amide bonds. The van der Waals surface area contributed by atoms with Crippen LogP contribution in [0.3, 0.4) is 0 Å².